The van der Waals surface area contributed by atoms with Crippen LogP contribution >= 0.6 is 0 Å². The van der Waals surface area contributed by atoms with Crippen molar-refractivity contribution in [3.63, 3.8) is 0 Å². The minimum Gasteiger partial charge on any atom is -0.497 e. The minimum atomic E-state index is 0.867. The van der Waals surface area contributed by atoms with Crippen molar-refractivity contribution in [3.8, 4) is 16.9 Å². The number of likely N-dealkylation sites (N-methyl/N-ethyl adjacent to an activating group) is 1. The van der Waals surface area contributed by atoms with Gasteiger partial charge in [-0.05, 0) is 48.5 Å². The summed E-state index contributed by atoms with van der Waals surface area (Å²) in [7, 11) is 3.91. The Bertz CT molecular complexity index is 1080. The van der Waals surface area contributed by atoms with E-state index < -0.39 is 0 Å². The number of piperazine rings is 1. The molecule has 0 aliphatic carbocycles. The van der Waals surface area contributed by atoms with Crippen molar-refractivity contribution in [2.75, 3.05) is 56.7 Å². The Balaban J connectivity index is 1.53. The van der Waals surface area contributed by atoms with Gasteiger partial charge in [-0.2, -0.15) is 0 Å². The quantitative estimate of drug-likeness (QED) is 0.581. The normalized spacial score (nSPS) is 16.3. The predicted octanol–water partition coefficient (Wildman–Crippen LogP) is 5.28. The molecule has 4 nitrogen and oxygen atoms in total. The lowest BCUT2D eigenvalue weighted by Crippen LogP contribution is -2.44. The highest BCUT2D eigenvalue weighted by molar-refractivity contribution is 5.90. The Morgan fingerprint density at radius 2 is 1.55 bits per heavy atom. The van der Waals surface area contributed by atoms with Crippen LogP contribution in [-0.4, -0.2) is 51.8 Å². The summed E-state index contributed by atoms with van der Waals surface area (Å²) in [6.45, 7) is 5.25. The third kappa shape index (κ3) is 3.91. The smallest absolute Gasteiger partial charge is 0.118 e. The Morgan fingerprint density at radius 3 is 2.32 bits per heavy atom. The van der Waals surface area contributed by atoms with E-state index in [1.165, 1.54) is 33.8 Å². The molecule has 2 heterocycles. The molecule has 0 saturated carbocycles. The van der Waals surface area contributed by atoms with Crippen LogP contribution in [0.25, 0.3) is 17.2 Å². The Labute approximate surface area is 185 Å². The number of hydrogen-bond donors (Lipinski definition) is 0. The second-order valence-electron chi connectivity index (χ2n) is 8.30. The van der Waals surface area contributed by atoms with Crippen LogP contribution < -0.4 is 14.5 Å². The molecule has 1 saturated heterocycles. The van der Waals surface area contributed by atoms with Crippen LogP contribution in [-0.2, 0) is 0 Å². The lowest BCUT2D eigenvalue weighted by atomic mass is 9.96. The fraction of sp³-hybridized carbons (Fsp3) is 0.259. The number of methoxy groups -OCH3 is 1. The molecule has 3 aromatic carbocycles. The van der Waals surface area contributed by atoms with Crippen LogP contribution in [0, 0.1) is 0 Å². The standard InChI is InChI=1S/C27H29N3O/c1-28-16-18-29(19-17-28)23-8-4-9-24(20-23)30-15-5-7-22-6-3-10-26(27(22)30)21-11-13-25(31-2)14-12-21/h3-14,20H,15-19H2,1-2H3. The highest BCUT2D eigenvalue weighted by Crippen LogP contribution is 2.41. The van der Waals surface area contributed by atoms with Gasteiger partial charge in [0.15, 0.2) is 0 Å². The summed E-state index contributed by atoms with van der Waals surface area (Å²) < 4.78 is 5.36. The summed E-state index contributed by atoms with van der Waals surface area (Å²) >= 11 is 0. The van der Waals surface area contributed by atoms with Gasteiger partial charge in [0.05, 0.1) is 12.8 Å². The van der Waals surface area contributed by atoms with Gasteiger partial charge in [0.25, 0.3) is 0 Å². The zero-order valence-corrected chi connectivity index (χ0v) is 18.3. The van der Waals surface area contributed by atoms with Gasteiger partial charge in [0.2, 0.25) is 0 Å². The number of anilines is 3. The van der Waals surface area contributed by atoms with Crippen molar-refractivity contribution in [2.45, 2.75) is 0 Å². The summed E-state index contributed by atoms with van der Waals surface area (Å²) in [5.74, 6) is 0.880. The molecule has 158 valence electrons. The van der Waals surface area contributed by atoms with Gasteiger partial charge >= 0.3 is 0 Å². The molecular weight excluding hydrogens is 382 g/mol. The van der Waals surface area contributed by atoms with Crippen molar-refractivity contribution >= 4 is 23.1 Å². The first-order valence-corrected chi connectivity index (χ1v) is 11.0. The van der Waals surface area contributed by atoms with Crippen LogP contribution in [0.3, 0.4) is 0 Å². The summed E-state index contributed by atoms with van der Waals surface area (Å²) in [6, 6.07) is 23.9. The highest BCUT2D eigenvalue weighted by atomic mass is 16.5. The Hall–Kier alpha value is -3.24. The Kier molecular flexibility index (Phi) is 5.39. The SMILES string of the molecule is COc1ccc(-c2cccc3c2N(c2cccc(N4CCN(C)CC4)c2)CC=C3)cc1. The molecule has 5 rings (SSSR count). The third-order valence-electron chi connectivity index (χ3n) is 6.33. The molecule has 0 spiro atoms. The summed E-state index contributed by atoms with van der Waals surface area (Å²) in [5, 5.41) is 0. The van der Waals surface area contributed by atoms with Gasteiger partial charge in [-0.3, -0.25) is 0 Å². The van der Waals surface area contributed by atoms with Crippen LogP contribution in [0.1, 0.15) is 5.56 Å². The zero-order valence-electron chi connectivity index (χ0n) is 18.3. The van der Waals surface area contributed by atoms with Gasteiger partial charge in [-0.15, -0.1) is 0 Å². The lowest BCUT2D eigenvalue weighted by Gasteiger charge is -2.35. The van der Waals surface area contributed by atoms with Crippen molar-refractivity contribution in [1.29, 1.82) is 0 Å². The molecule has 0 amide bonds. The number of hydrogen-bond acceptors (Lipinski definition) is 4. The average molecular weight is 412 g/mol. The van der Waals surface area contributed by atoms with Crippen molar-refractivity contribution < 1.29 is 4.74 Å². The van der Waals surface area contributed by atoms with Gasteiger partial charge in [0, 0.05) is 49.7 Å². The first kappa shape index (κ1) is 19.7. The molecule has 2 aliphatic heterocycles. The number of ether oxygens (including phenoxy) is 1. The van der Waals surface area contributed by atoms with E-state index >= 15 is 0 Å². The van der Waals surface area contributed by atoms with Crippen LogP contribution in [0.2, 0.25) is 0 Å². The molecule has 0 unspecified atom stereocenters. The lowest BCUT2D eigenvalue weighted by molar-refractivity contribution is 0.313. The number of fused-ring (bicyclic) bond motifs is 1. The van der Waals surface area contributed by atoms with E-state index in [1.54, 1.807) is 7.11 Å². The largest absolute Gasteiger partial charge is 0.497 e. The van der Waals surface area contributed by atoms with Gasteiger partial charge in [0.1, 0.15) is 5.75 Å². The molecule has 0 radical (unpaired) electrons. The average Bonchev–Trinajstić information content (AvgIpc) is 2.84. The van der Waals surface area contributed by atoms with Crippen molar-refractivity contribution in [1.82, 2.24) is 4.90 Å². The van der Waals surface area contributed by atoms with Crippen LogP contribution in [0.5, 0.6) is 5.75 Å². The van der Waals surface area contributed by atoms with E-state index in [9.17, 15) is 0 Å². The van der Waals surface area contributed by atoms with Gasteiger partial charge in [-0.1, -0.05) is 48.6 Å². The summed E-state index contributed by atoms with van der Waals surface area (Å²) in [6.07, 6.45) is 4.49. The van der Waals surface area contributed by atoms with Crippen molar-refractivity contribution in [2.24, 2.45) is 0 Å². The third-order valence-corrected chi connectivity index (χ3v) is 6.33. The number of para-hydroxylation sites is 1. The topological polar surface area (TPSA) is 19.0 Å². The van der Waals surface area contributed by atoms with Gasteiger partial charge in [-0.25, -0.2) is 0 Å². The number of benzene rings is 3. The fourth-order valence-corrected chi connectivity index (χ4v) is 4.53. The molecule has 31 heavy (non-hydrogen) atoms. The van der Waals surface area contributed by atoms with E-state index in [0.717, 1.165) is 38.5 Å². The maximum atomic E-state index is 5.36. The Morgan fingerprint density at radius 1 is 0.806 bits per heavy atom. The van der Waals surface area contributed by atoms with Crippen LogP contribution in [0.15, 0.2) is 72.8 Å². The first-order chi connectivity index (χ1) is 15.2. The first-order valence-electron chi connectivity index (χ1n) is 11.0. The maximum Gasteiger partial charge on any atom is 0.118 e. The van der Waals surface area contributed by atoms with E-state index in [-0.39, 0.29) is 0 Å². The molecule has 1 fully saturated rings. The molecule has 3 aromatic rings. The van der Waals surface area contributed by atoms with Crippen molar-refractivity contribution in [3.05, 3.63) is 78.4 Å². The zero-order chi connectivity index (χ0) is 21.2. The minimum absolute atomic E-state index is 0.867. The number of nitrogens with zero attached hydrogens (tertiary/aromatic N) is 3. The molecule has 4 heteroatoms. The second-order valence-corrected chi connectivity index (χ2v) is 8.30. The molecule has 0 atom stereocenters. The molecule has 0 N–H and O–H groups in total. The number of rotatable bonds is 4. The summed E-state index contributed by atoms with van der Waals surface area (Å²) in [4.78, 5) is 7.33. The maximum absolute atomic E-state index is 5.36. The summed E-state index contributed by atoms with van der Waals surface area (Å²) in [5.41, 5.74) is 7.52. The van der Waals surface area contributed by atoms with E-state index in [0.29, 0.717) is 0 Å². The monoisotopic (exact) mass is 411 g/mol. The second kappa shape index (κ2) is 8.48. The molecule has 2 aliphatic rings. The van der Waals surface area contributed by atoms with E-state index in [2.05, 4.69) is 88.5 Å². The van der Waals surface area contributed by atoms with E-state index in [1.807, 2.05) is 12.1 Å². The van der Waals surface area contributed by atoms with E-state index in [4.69, 9.17) is 4.74 Å². The highest BCUT2D eigenvalue weighted by Gasteiger charge is 2.21. The van der Waals surface area contributed by atoms with Gasteiger partial charge < -0.3 is 19.4 Å². The van der Waals surface area contributed by atoms with Crippen LogP contribution in [0.4, 0.5) is 17.1 Å². The molecule has 0 bridgehead atoms. The fourth-order valence-electron chi connectivity index (χ4n) is 4.53. The predicted molar refractivity (Wildman–Crippen MR) is 131 cm³/mol. The molecule has 0 aromatic heterocycles. The molecular formula is C27H29N3O.